The first-order valence-corrected chi connectivity index (χ1v) is 10.3. The van der Waals surface area contributed by atoms with E-state index in [-0.39, 0.29) is 0 Å². The van der Waals surface area contributed by atoms with E-state index < -0.39 is 10.0 Å². The maximum Gasteiger partial charge on any atom is 0.243 e. The highest BCUT2D eigenvalue weighted by atomic mass is 32.2. The summed E-state index contributed by atoms with van der Waals surface area (Å²) in [6, 6.07) is 12.8. The Morgan fingerprint density at radius 1 is 0.889 bits per heavy atom. The maximum atomic E-state index is 12.8. The van der Waals surface area contributed by atoms with Crippen LogP contribution in [0.15, 0.2) is 66.1 Å². The van der Waals surface area contributed by atoms with E-state index in [1.165, 1.54) is 0 Å². The van der Waals surface area contributed by atoms with Crippen molar-refractivity contribution in [2.45, 2.75) is 11.8 Å². The van der Waals surface area contributed by atoms with Gasteiger partial charge in [-0.1, -0.05) is 17.7 Å². The molecule has 1 aromatic carbocycles. The smallest absolute Gasteiger partial charge is 0.243 e. The van der Waals surface area contributed by atoms with Crippen LogP contribution >= 0.6 is 0 Å². The minimum absolute atomic E-state index is 0.346. The van der Waals surface area contributed by atoms with Crippen molar-refractivity contribution >= 4 is 15.8 Å². The SMILES string of the molecule is Cc1ccc(S(=O)(=O)N2CCN(c3cc(-n4cccc4)ncn3)CC2)cc1. The van der Waals surface area contributed by atoms with Crippen molar-refractivity contribution in [3.05, 3.63) is 66.7 Å². The molecule has 3 heterocycles. The molecule has 0 unspecified atom stereocenters. The Morgan fingerprint density at radius 2 is 1.52 bits per heavy atom. The lowest BCUT2D eigenvalue weighted by atomic mass is 10.2. The van der Waals surface area contributed by atoms with Gasteiger partial charge in [0.15, 0.2) is 0 Å². The van der Waals surface area contributed by atoms with Crippen molar-refractivity contribution in [1.82, 2.24) is 18.8 Å². The van der Waals surface area contributed by atoms with Crippen molar-refractivity contribution in [2.75, 3.05) is 31.1 Å². The third kappa shape index (κ3) is 3.58. The predicted molar refractivity (Wildman–Crippen MR) is 104 cm³/mol. The summed E-state index contributed by atoms with van der Waals surface area (Å²) in [7, 11) is -3.46. The van der Waals surface area contributed by atoms with Gasteiger partial charge < -0.3 is 9.47 Å². The van der Waals surface area contributed by atoms with Gasteiger partial charge in [0.2, 0.25) is 10.0 Å². The minimum atomic E-state index is -3.46. The van der Waals surface area contributed by atoms with Gasteiger partial charge in [-0.2, -0.15) is 4.31 Å². The number of aryl methyl sites for hydroxylation is 1. The molecule has 0 N–H and O–H groups in total. The fraction of sp³-hybridized carbons (Fsp3) is 0.263. The number of nitrogens with zero attached hydrogens (tertiary/aromatic N) is 5. The van der Waals surface area contributed by atoms with Gasteiger partial charge in [-0.25, -0.2) is 18.4 Å². The van der Waals surface area contributed by atoms with Gasteiger partial charge in [0.1, 0.15) is 18.0 Å². The average molecular weight is 383 g/mol. The summed E-state index contributed by atoms with van der Waals surface area (Å²) in [5.74, 6) is 1.60. The zero-order valence-corrected chi connectivity index (χ0v) is 15.9. The molecule has 1 aliphatic heterocycles. The number of aromatic nitrogens is 3. The van der Waals surface area contributed by atoms with Crippen molar-refractivity contribution in [3.8, 4) is 5.82 Å². The Labute approximate surface area is 159 Å². The van der Waals surface area contributed by atoms with Crippen LogP contribution in [-0.2, 0) is 10.0 Å². The molecule has 2 aromatic heterocycles. The number of hydrogen-bond donors (Lipinski definition) is 0. The first-order chi connectivity index (χ1) is 13.0. The summed E-state index contributed by atoms with van der Waals surface area (Å²) in [6.07, 6.45) is 5.40. The second kappa shape index (κ2) is 7.13. The fourth-order valence-electron chi connectivity index (χ4n) is 3.16. The van der Waals surface area contributed by atoms with Gasteiger partial charge in [0, 0.05) is 44.6 Å². The Kier molecular flexibility index (Phi) is 4.67. The maximum absolute atomic E-state index is 12.8. The summed E-state index contributed by atoms with van der Waals surface area (Å²) < 4.78 is 29.1. The number of anilines is 1. The van der Waals surface area contributed by atoms with Crippen LogP contribution < -0.4 is 4.90 Å². The molecular formula is C19H21N5O2S. The van der Waals surface area contributed by atoms with Gasteiger partial charge >= 0.3 is 0 Å². The highest BCUT2D eigenvalue weighted by Crippen LogP contribution is 2.21. The van der Waals surface area contributed by atoms with Crippen LogP contribution in [-0.4, -0.2) is 53.4 Å². The molecule has 8 heteroatoms. The van der Waals surface area contributed by atoms with Crippen LogP contribution in [0.25, 0.3) is 5.82 Å². The average Bonchev–Trinajstić information content (AvgIpc) is 3.23. The van der Waals surface area contributed by atoms with Gasteiger partial charge in [-0.05, 0) is 31.2 Å². The molecule has 1 aliphatic rings. The molecule has 0 bridgehead atoms. The van der Waals surface area contributed by atoms with E-state index in [0.29, 0.717) is 31.1 Å². The molecule has 0 spiro atoms. The van der Waals surface area contributed by atoms with E-state index in [9.17, 15) is 8.42 Å². The molecule has 3 aromatic rings. The number of rotatable bonds is 4. The van der Waals surface area contributed by atoms with Crippen molar-refractivity contribution in [2.24, 2.45) is 0 Å². The van der Waals surface area contributed by atoms with E-state index >= 15 is 0 Å². The van der Waals surface area contributed by atoms with Gasteiger partial charge in [-0.3, -0.25) is 0 Å². The van der Waals surface area contributed by atoms with Crippen LogP contribution in [0.1, 0.15) is 5.56 Å². The number of benzene rings is 1. The molecule has 0 saturated carbocycles. The summed E-state index contributed by atoms with van der Waals surface area (Å²) in [4.78, 5) is 11.1. The van der Waals surface area contributed by atoms with Crippen LogP contribution in [0.2, 0.25) is 0 Å². The van der Waals surface area contributed by atoms with Crippen LogP contribution in [0, 0.1) is 6.92 Å². The second-order valence-electron chi connectivity index (χ2n) is 6.53. The molecule has 0 amide bonds. The molecule has 0 atom stereocenters. The first kappa shape index (κ1) is 17.7. The molecule has 27 heavy (non-hydrogen) atoms. The molecule has 1 saturated heterocycles. The Balaban J connectivity index is 1.48. The van der Waals surface area contributed by atoms with Crippen LogP contribution in [0.3, 0.4) is 0 Å². The Morgan fingerprint density at radius 3 is 2.19 bits per heavy atom. The fourth-order valence-corrected chi connectivity index (χ4v) is 4.58. The lowest BCUT2D eigenvalue weighted by molar-refractivity contribution is 0.383. The van der Waals surface area contributed by atoms with Gasteiger partial charge in [0.05, 0.1) is 4.90 Å². The highest BCUT2D eigenvalue weighted by Gasteiger charge is 2.29. The summed E-state index contributed by atoms with van der Waals surface area (Å²) in [5, 5.41) is 0. The van der Waals surface area contributed by atoms with Crippen molar-refractivity contribution < 1.29 is 8.42 Å². The largest absolute Gasteiger partial charge is 0.354 e. The zero-order valence-electron chi connectivity index (χ0n) is 15.1. The number of piperazine rings is 1. The van der Waals surface area contributed by atoms with Crippen molar-refractivity contribution in [1.29, 1.82) is 0 Å². The molecular weight excluding hydrogens is 362 g/mol. The first-order valence-electron chi connectivity index (χ1n) is 8.81. The van der Waals surface area contributed by atoms with E-state index in [1.54, 1.807) is 22.8 Å². The molecule has 140 valence electrons. The molecule has 0 aliphatic carbocycles. The molecule has 0 radical (unpaired) electrons. The monoisotopic (exact) mass is 383 g/mol. The van der Waals surface area contributed by atoms with E-state index in [2.05, 4.69) is 14.9 Å². The van der Waals surface area contributed by atoms with Crippen molar-refractivity contribution in [3.63, 3.8) is 0 Å². The lowest BCUT2D eigenvalue weighted by Crippen LogP contribution is -2.48. The summed E-state index contributed by atoms with van der Waals surface area (Å²) >= 11 is 0. The predicted octanol–water partition coefficient (Wildman–Crippen LogP) is 2.09. The molecule has 4 rings (SSSR count). The second-order valence-corrected chi connectivity index (χ2v) is 8.47. The summed E-state index contributed by atoms with van der Waals surface area (Å²) in [5.41, 5.74) is 1.04. The standard InChI is InChI=1S/C19H21N5O2S/c1-16-4-6-17(7-5-16)27(25,26)24-12-10-23(11-13-24)19-14-18(20-15-21-19)22-8-2-3-9-22/h2-9,14-15H,10-13H2,1H3. The number of sulfonamides is 1. The Hall–Kier alpha value is -2.71. The molecule has 7 nitrogen and oxygen atoms in total. The van der Waals surface area contributed by atoms with Crippen LogP contribution in [0.5, 0.6) is 0 Å². The molecule has 1 fully saturated rings. The van der Waals surface area contributed by atoms with E-state index in [1.807, 2.05) is 54.2 Å². The topological polar surface area (TPSA) is 71.3 Å². The van der Waals surface area contributed by atoms with Crippen LogP contribution in [0.4, 0.5) is 5.82 Å². The van der Waals surface area contributed by atoms with E-state index in [0.717, 1.165) is 17.2 Å². The lowest BCUT2D eigenvalue weighted by Gasteiger charge is -2.34. The quantitative estimate of drug-likeness (QED) is 0.690. The highest BCUT2D eigenvalue weighted by molar-refractivity contribution is 7.89. The van der Waals surface area contributed by atoms with E-state index in [4.69, 9.17) is 0 Å². The Bertz CT molecular complexity index is 1010. The third-order valence-electron chi connectivity index (χ3n) is 4.73. The minimum Gasteiger partial charge on any atom is -0.354 e. The zero-order chi connectivity index (χ0) is 18.9. The van der Waals surface area contributed by atoms with Gasteiger partial charge in [-0.15, -0.1) is 0 Å². The number of hydrogen-bond acceptors (Lipinski definition) is 5. The summed E-state index contributed by atoms with van der Waals surface area (Å²) in [6.45, 7) is 3.98. The third-order valence-corrected chi connectivity index (χ3v) is 6.64. The van der Waals surface area contributed by atoms with Gasteiger partial charge in [0.25, 0.3) is 0 Å². The normalized spacial score (nSPS) is 15.8.